The van der Waals surface area contributed by atoms with Crippen LogP contribution in [0.3, 0.4) is 0 Å². The van der Waals surface area contributed by atoms with Crippen LogP contribution in [0.1, 0.15) is 25.7 Å². The third-order valence-electron chi connectivity index (χ3n) is 3.84. The lowest BCUT2D eigenvalue weighted by atomic mass is 9.99. The number of aliphatic hydroxyl groups excluding tert-OH is 1. The molecule has 0 bridgehead atoms. The van der Waals surface area contributed by atoms with Crippen molar-refractivity contribution in [1.82, 2.24) is 9.97 Å². The second kappa shape index (κ2) is 4.94. The van der Waals surface area contributed by atoms with Gasteiger partial charge in [-0.15, -0.1) is 0 Å². The molecule has 0 atom stereocenters. The first-order valence-corrected chi connectivity index (χ1v) is 6.63. The van der Waals surface area contributed by atoms with Crippen molar-refractivity contribution in [2.45, 2.75) is 31.2 Å². The number of benzene rings is 1. The molecule has 0 amide bonds. The van der Waals surface area contributed by atoms with Crippen molar-refractivity contribution in [2.24, 2.45) is 0 Å². The van der Waals surface area contributed by atoms with E-state index in [-0.39, 0.29) is 12.1 Å². The first kappa shape index (κ1) is 13.2. The van der Waals surface area contributed by atoms with E-state index >= 15 is 0 Å². The van der Waals surface area contributed by atoms with Gasteiger partial charge in [0, 0.05) is 12.1 Å². The number of hydrogen-bond acceptors (Lipinski definition) is 4. The Morgan fingerprint density at radius 3 is 2.45 bits per heavy atom. The van der Waals surface area contributed by atoms with Gasteiger partial charge in [0.05, 0.1) is 29.4 Å². The SMILES string of the molecule is OCC1(Nc2cnc3cc(F)c(F)cc3n2)CCCC1. The molecule has 0 spiro atoms. The second-order valence-corrected chi connectivity index (χ2v) is 5.28. The van der Waals surface area contributed by atoms with Gasteiger partial charge in [-0.25, -0.2) is 13.8 Å². The number of nitrogens with one attached hydrogen (secondary N) is 1. The molecule has 0 unspecified atom stereocenters. The highest BCUT2D eigenvalue weighted by molar-refractivity contribution is 5.75. The summed E-state index contributed by atoms with van der Waals surface area (Å²) in [6.07, 6.45) is 5.31. The van der Waals surface area contributed by atoms with Crippen LogP contribution in [-0.2, 0) is 0 Å². The van der Waals surface area contributed by atoms with Crippen LogP contribution in [0, 0.1) is 11.6 Å². The molecule has 2 aromatic rings. The van der Waals surface area contributed by atoms with Crippen molar-refractivity contribution < 1.29 is 13.9 Å². The number of rotatable bonds is 3. The fraction of sp³-hybridized carbons (Fsp3) is 0.429. The zero-order valence-electron chi connectivity index (χ0n) is 10.9. The van der Waals surface area contributed by atoms with E-state index in [0.29, 0.717) is 16.9 Å². The van der Waals surface area contributed by atoms with E-state index in [0.717, 1.165) is 37.8 Å². The zero-order valence-corrected chi connectivity index (χ0v) is 10.9. The molecule has 3 rings (SSSR count). The summed E-state index contributed by atoms with van der Waals surface area (Å²) < 4.78 is 26.3. The van der Waals surface area contributed by atoms with Gasteiger partial charge in [-0.05, 0) is 12.8 Å². The smallest absolute Gasteiger partial charge is 0.161 e. The largest absolute Gasteiger partial charge is 0.394 e. The van der Waals surface area contributed by atoms with Crippen molar-refractivity contribution in [3.8, 4) is 0 Å². The monoisotopic (exact) mass is 279 g/mol. The molecule has 1 fully saturated rings. The minimum absolute atomic E-state index is 0.0183. The average molecular weight is 279 g/mol. The Balaban J connectivity index is 1.94. The molecular formula is C14H15F2N3O. The van der Waals surface area contributed by atoms with Gasteiger partial charge in [0.1, 0.15) is 5.82 Å². The predicted octanol–water partition coefficient (Wildman–Crippen LogP) is 2.63. The number of hydrogen-bond donors (Lipinski definition) is 2. The molecule has 1 aliphatic carbocycles. The molecular weight excluding hydrogens is 264 g/mol. The Labute approximate surface area is 114 Å². The molecule has 4 nitrogen and oxygen atoms in total. The van der Waals surface area contributed by atoms with Gasteiger partial charge in [-0.3, -0.25) is 4.98 Å². The first-order valence-electron chi connectivity index (χ1n) is 6.63. The standard InChI is InChI=1S/C14H15F2N3O/c15-9-5-11-12(6-10(9)16)18-13(7-17-11)19-14(8-20)3-1-2-4-14/h5-7,20H,1-4,8H2,(H,18,19). The summed E-state index contributed by atoms with van der Waals surface area (Å²) in [5.41, 5.74) is 0.222. The van der Waals surface area contributed by atoms with Crippen LogP contribution in [0.25, 0.3) is 11.0 Å². The average Bonchev–Trinajstić information content (AvgIpc) is 2.90. The molecule has 2 N–H and O–H groups in total. The normalized spacial score (nSPS) is 17.6. The van der Waals surface area contributed by atoms with Crippen molar-refractivity contribution >= 4 is 16.9 Å². The van der Waals surface area contributed by atoms with E-state index in [1.807, 2.05) is 0 Å². The van der Waals surface area contributed by atoms with Crippen molar-refractivity contribution in [3.05, 3.63) is 30.0 Å². The molecule has 20 heavy (non-hydrogen) atoms. The van der Waals surface area contributed by atoms with Crippen LogP contribution in [0.4, 0.5) is 14.6 Å². The highest BCUT2D eigenvalue weighted by atomic mass is 19.2. The quantitative estimate of drug-likeness (QED) is 0.906. The number of anilines is 1. The summed E-state index contributed by atoms with van der Waals surface area (Å²) in [6, 6.07) is 2.06. The highest BCUT2D eigenvalue weighted by Crippen LogP contribution is 2.32. The van der Waals surface area contributed by atoms with Crippen LogP contribution >= 0.6 is 0 Å². The fourth-order valence-corrected chi connectivity index (χ4v) is 2.71. The molecule has 6 heteroatoms. The van der Waals surface area contributed by atoms with Gasteiger partial charge >= 0.3 is 0 Å². The Bertz CT molecular complexity index is 642. The van der Waals surface area contributed by atoms with E-state index in [1.54, 1.807) is 0 Å². The lowest BCUT2D eigenvalue weighted by Crippen LogP contribution is -2.39. The maximum Gasteiger partial charge on any atom is 0.161 e. The topological polar surface area (TPSA) is 58.0 Å². The molecule has 1 aromatic heterocycles. The van der Waals surface area contributed by atoms with Crippen LogP contribution in [0.2, 0.25) is 0 Å². The summed E-state index contributed by atoms with van der Waals surface area (Å²) in [7, 11) is 0. The summed E-state index contributed by atoms with van der Waals surface area (Å²) in [5.74, 6) is -1.41. The van der Waals surface area contributed by atoms with Gasteiger partial charge in [-0.2, -0.15) is 0 Å². The van der Waals surface area contributed by atoms with Gasteiger partial charge in [0.2, 0.25) is 0 Å². The number of aromatic nitrogens is 2. The molecule has 1 heterocycles. The van der Waals surface area contributed by atoms with Crippen LogP contribution in [0.5, 0.6) is 0 Å². The number of nitrogens with zero attached hydrogens (tertiary/aromatic N) is 2. The number of halogens is 2. The molecule has 1 aliphatic rings. The maximum atomic E-state index is 13.2. The van der Waals surface area contributed by atoms with Crippen LogP contribution in [-0.4, -0.2) is 27.2 Å². The summed E-state index contributed by atoms with van der Waals surface area (Å²) in [6.45, 7) is 0.0183. The number of fused-ring (bicyclic) bond motifs is 1. The Kier molecular flexibility index (Phi) is 3.25. The maximum absolute atomic E-state index is 13.2. The lowest BCUT2D eigenvalue weighted by molar-refractivity contribution is 0.214. The van der Waals surface area contributed by atoms with Crippen molar-refractivity contribution in [2.75, 3.05) is 11.9 Å². The molecule has 1 aromatic carbocycles. The van der Waals surface area contributed by atoms with E-state index < -0.39 is 11.6 Å². The Hall–Kier alpha value is -1.82. The van der Waals surface area contributed by atoms with Crippen molar-refractivity contribution in [1.29, 1.82) is 0 Å². The first-order chi connectivity index (χ1) is 9.62. The van der Waals surface area contributed by atoms with Gasteiger partial charge in [-0.1, -0.05) is 12.8 Å². The van der Waals surface area contributed by atoms with E-state index in [1.165, 1.54) is 6.20 Å². The third kappa shape index (κ3) is 2.31. The van der Waals surface area contributed by atoms with E-state index in [4.69, 9.17) is 0 Å². The van der Waals surface area contributed by atoms with Gasteiger partial charge in [0.25, 0.3) is 0 Å². The van der Waals surface area contributed by atoms with Gasteiger partial charge in [0.15, 0.2) is 11.6 Å². The third-order valence-corrected chi connectivity index (χ3v) is 3.84. The van der Waals surface area contributed by atoms with Gasteiger partial charge < -0.3 is 10.4 Å². The molecule has 106 valence electrons. The van der Waals surface area contributed by atoms with E-state index in [2.05, 4.69) is 15.3 Å². The van der Waals surface area contributed by atoms with Crippen LogP contribution in [0.15, 0.2) is 18.3 Å². The molecule has 0 radical (unpaired) electrons. The molecule has 0 saturated heterocycles. The van der Waals surface area contributed by atoms with Crippen LogP contribution < -0.4 is 5.32 Å². The Morgan fingerprint density at radius 1 is 1.15 bits per heavy atom. The lowest BCUT2D eigenvalue weighted by Gasteiger charge is -2.28. The number of aliphatic hydroxyl groups is 1. The fourth-order valence-electron chi connectivity index (χ4n) is 2.71. The zero-order chi connectivity index (χ0) is 14.2. The molecule has 1 saturated carbocycles. The second-order valence-electron chi connectivity index (χ2n) is 5.28. The minimum atomic E-state index is -0.943. The van der Waals surface area contributed by atoms with Crippen molar-refractivity contribution in [3.63, 3.8) is 0 Å². The van der Waals surface area contributed by atoms with E-state index in [9.17, 15) is 13.9 Å². The predicted molar refractivity (Wildman–Crippen MR) is 71.4 cm³/mol. The highest BCUT2D eigenvalue weighted by Gasteiger charge is 2.33. The molecule has 0 aliphatic heterocycles. The minimum Gasteiger partial charge on any atom is -0.394 e. The summed E-state index contributed by atoms with van der Waals surface area (Å²) in [4.78, 5) is 8.32. The Morgan fingerprint density at radius 2 is 1.80 bits per heavy atom. The summed E-state index contributed by atoms with van der Waals surface area (Å²) in [5, 5.41) is 12.7. The summed E-state index contributed by atoms with van der Waals surface area (Å²) >= 11 is 0.